The largest absolute Gasteiger partial charge is 0.497 e. The summed E-state index contributed by atoms with van der Waals surface area (Å²) in [6, 6.07) is 28.2. The van der Waals surface area contributed by atoms with Gasteiger partial charge in [-0.2, -0.15) is 5.10 Å². The van der Waals surface area contributed by atoms with Crippen LogP contribution in [0.4, 0.5) is 5.69 Å². The van der Waals surface area contributed by atoms with Crippen molar-refractivity contribution in [3.8, 4) is 17.0 Å². The lowest BCUT2D eigenvalue weighted by Gasteiger charge is -2.18. The number of benzene rings is 3. The summed E-state index contributed by atoms with van der Waals surface area (Å²) >= 11 is 0. The predicted molar refractivity (Wildman–Crippen MR) is 134 cm³/mol. The summed E-state index contributed by atoms with van der Waals surface area (Å²) in [6.07, 6.45) is 2.79. The molecular formula is C28H28N4O2. The first-order valence-electron chi connectivity index (χ1n) is 11.6. The molecule has 1 amide bonds. The fraction of sp³-hybridized carbons (Fsp3) is 0.214. The van der Waals surface area contributed by atoms with Crippen molar-refractivity contribution in [1.29, 1.82) is 0 Å². The summed E-state index contributed by atoms with van der Waals surface area (Å²) in [6.45, 7) is 1.98. The van der Waals surface area contributed by atoms with Crippen molar-refractivity contribution < 1.29 is 9.53 Å². The zero-order valence-corrected chi connectivity index (χ0v) is 19.2. The maximum absolute atomic E-state index is 13.7. The Hall–Kier alpha value is -4.06. The molecule has 2 heterocycles. The van der Waals surface area contributed by atoms with Gasteiger partial charge in [0, 0.05) is 36.6 Å². The zero-order chi connectivity index (χ0) is 23.3. The highest BCUT2D eigenvalue weighted by molar-refractivity contribution is 6.00. The Balaban J connectivity index is 1.41. The highest BCUT2D eigenvalue weighted by Crippen LogP contribution is 2.28. The van der Waals surface area contributed by atoms with E-state index in [1.165, 1.54) is 0 Å². The molecule has 6 nitrogen and oxygen atoms in total. The molecule has 0 radical (unpaired) electrons. The molecular weight excluding hydrogens is 424 g/mol. The summed E-state index contributed by atoms with van der Waals surface area (Å²) < 4.78 is 7.27. The van der Waals surface area contributed by atoms with Crippen molar-refractivity contribution in [1.82, 2.24) is 14.7 Å². The molecule has 1 saturated heterocycles. The lowest BCUT2D eigenvalue weighted by molar-refractivity contribution is 0.0792. The average Bonchev–Trinajstić information content (AvgIpc) is 3.52. The lowest BCUT2D eigenvalue weighted by atomic mass is 10.1. The van der Waals surface area contributed by atoms with Gasteiger partial charge in [0.1, 0.15) is 11.4 Å². The summed E-state index contributed by atoms with van der Waals surface area (Å²) in [5.74, 6) is 0.747. The van der Waals surface area contributed by atoms with E-state index in [1.54, 1.807) is 7.11 Å². The van der Waals surface area contributed by atoms with Gasteiger partial charge in [0.2, 0.25) is 0 Å². The maximum atomic E-state index is 13.7. The van der Waals surface area contributed by atoms with E-state index < -0.39 is 0 Å². The first-order chi connectivity index (χ1) is 16.7. The Morgan fingerprint density at radius 2 is 1.79 bits per heavy atom. The molecule has 4 aromatic rings. The number of aromatic nitrogens is 2. The van der Waals surface area contributed by atoms with E-state index >= 15 is 0 Å². The van der Waals surface area contributed by atoms with Gasteiger partial charge >= 0.3 is 0 Å². The Morgan fingerprint density at radius 3 is 2.56 bits per heavy atom. The molecule has 172 valence electrons. The van der Waals surface area contributed by atoms with E-state index in [9.17, 15) is 4.79 Å². The second-order valence-electron chi connectivity index (χ2n) is 8.55. The number of nitrogens with zero attached hydrogens (tertiary/aromatic N) is 3. The van der Waals surface area contributed by atoms with Crippen molar-refractivity contribution in [3.63, 3.8) is 0 Å². The number of anilines is 1. The Labute approximate surface area is 199 Å². The van der Waals surface area contributed by atoms with Crippen LogP contribution in [-0.4, -0.2) is 46.8 Å². The SMILES string of the molecule is COc1cccc(-c2nn(Cc3ccccc3)cc2C(=O)N2CCC(Nc3ccccc3)C2)c1. The molecule has 0 saturated carbocycles. The minimum absolute atomic E-state index is 0.00879. The van der Waals surface area contributed by atoms with Gasteiger partial charge in [0.05, 0.1) is 19.2 Å². The molecule has 1 unspecified atom stereocenters. The summed E-state index contributed by atoms with van der Waals surface area (Å²) in [7, 11) is 1.64. The number of hydrogen-bond donors (Lipinski definition) is 1. The van der Waals surface area contributed by atoms with E-state index in [0.29, 0.717) is 30.9 Å². The number of rotatable bonds is 7. The zero-order valence-electron chi connectivity index (χ0n) is 19.2. The van der Waals surface area contributed by atoms with E-state index in [2.05, 4.69) is 29.6 Å². The second-order valence-corrected chi connectivity index (χ2v) is 8.55. The fourth-order valence-electron chi connectivity index (χ4n) is 4.42. The third-order valence-corrected chi connectivity index (χ3v) is 6.14. The van der Waals surface area contributed by atoms with E-state index in [-0.39, 0.29) is 11.9 Å². The molecule has 1 fully saturated rings. The van der Waals surface area contributed by atoms with Gasteiger partial charge in [0.25, 0.3) is 5.91 Å². The first-order valence-corrected chi connectivity index (χ1v) is 11.6. The van der Waals surface area contributed by atoms with Crippen LogP contribution in [0.5, 0.6) is 5.75 Å². The van der Waals surface area contributed by atoms with Crippen LogP contribution in [0.25, 0.3) is 11.3 Å². The molecule has 0 aliphatic carbocycles. The van der Waals surface area contributed by atoms with Crippen LogP contribution in [0, 0.1) is 0 Å². The molecule has 6 heteroatoms. The highest BCUT2D eigenvalue weighted by Gasteiger charge is 2.30. The minimum Gasteiger partial charge on any atom is -0.497 e. The van der Waals surface area contributed by atoms with Gasteiger partial charge < -0.3 is 15.0 Å². The number of ether oxygens (including phenoxy) is 1. The van der Waals surface area contributed by atoms with Crippen molar-refractivity contribution in [2.45, 2.75) is 19.0 Å². The Bertz CT molecular complexity index is 1250. The van der Waals surface area contributed by atoms with Crippen LogP contribution in [0.3, 0.4) is 0 Å². The highest BCUT2D eigenvalue weighted by atomic mass is 16.5. The van der Waals surface area contributed by atoms with Gasteiger partial charge in [0.15, 0.2) is 0 Å². The summed E-state index contributed by atoms with van der Waals surface area (Å²) in [5.41, 5.74) is 4.38. The van der Waals surface area contributed by atoms with Gasteiger partial charge in [-0.25, -0.2) is 0 Å². The van der Waals surface area contributed by atoms with Crippen molar-refractivity contribution in [2.24, 2.45) is 0 Å². The lowest BCUT2D eigenvalue weighted by Crippen LogP contribution is -2.31. The maximum Gasteiger partial charge on any atom is 0.257 e. The van der Waals surface area contributed by atoms with Crippen molar-refractivity contribution in [2.75, 3.05) is 25.5 Å². The van der Waals surface area contributed by atoms with Crippen LogP contribution in [0.15, 0.2) is 91.1 Å². The van der Waals surface area contributed by atoms with Crippen LogP contribution < -0.4 is 10.1 Å². The normalized spacial score (nSPS) is 15.3. The van der Waals surface area contributed by atoms with Gasteiger partial charge in [-0.1, -0.05) is 60.7 Å². The molecule has 1 N–H and O–H groups in total. The Kier molecular flexibility index (Phi) is 6.29. The molecule has 1 atom stereocenters. The number of carbonyl (C=O) groups excluding carboxylic acids is 1. The monoisotopic (exact) mass is 452 g/mol. The first kappa shape index (κ1) is 21.8. The number of methoxy groups -OCH3 is 1. The quantitative estimate of drug-likeness (QED) is 0.432. The van der Waals surface area contributed by atoms with Crippen LogP contribution in [0.2, 0.25) is 0 Å². The molecule has 0 spiro atoms. The second kappa shape index (κ2) is 9.83. The van der Waals surface area contributed by atoms with Crippen LogP contribution in [-0.2, 0) is 6.54 Å². The number of amides is 1. The van der Waals surface area contributed by atoms with Crippen molar-refractivity contribution in [3.05, 3.63) is 102 Å². The van der Waals surface area contributed by atoms with E-state index in [4.69, 9.17) is 9.84 Å². The number of nitrogens with one attached hydrogen (secondary N) is 1. The summed E-state index contributed by atoms with van der Waals surface area (Å²) in [5, 5.41) is 8.37. The Morgan fingerprint density at radius 1 is 1.03 bits per heavy atom. The van der Waals surface area contributed by atoms with Gasteiger partial charge in [-0.15, -0.1) is 0 Å². The van der Waals surface area contributed by atoms with E-state index in [0.717, 1.165) is 29.0 Å². The predicted octanol–water partition coefficient (Wildman–Crippen LogP) is 4.93. The summed E-state index contributed by atoms with van der Waals surface area (Å²) in [4.78, 5) is 15.6. The molecule has 5 rings (SSSR count). The fourth-order valence-corrected chi connectivity index (χ4v) is 4.42. The van der Waals surface area contributed by atoms with Gasteiger partial charge in [-0.05, 0) is 36.2 Å². The van der Waals surface area contributed by atoms with Crippen molar-refractivity contribution >= 4 is 11.6 Å². The molecule has 34 heavy (non-hydrogen) atoms. The number of carbonyl (C=O) groups is 1. The minimum atomic E-state index is 0.00879. The number of likely N-dealkylation sites (tertiary alicyclic amines) is 1. The molecule has 1 aliphatic heterocycles. The number of para-hydroxylation sites is 1. The third kappa shape index (κ3) is 4.81. The number of hydrogen-bond acceptors (Lipinski definition) is 4. The molecule has 1 aliphatic rings. The average molecular weight is 453 g/mol. The van der Waals surface area contributed by atoms with Gasteiger partial charge in [-0.3, -0.25) is 9.48 Å². The topological polar surface area (TPSA) is 59.4 Å². The third-order valence-electron chi connectivity index (χ3n) is 6.14. The molecule has 0 bridgehead atoms. The van der Waals surface area contributed by atoms with E-state index in [1.807, 2.05) is 76.4 Å². The smallest absolute Gasteiger partial charge is 0.257 e. The van der Waals surface area contributed by atoms with Crippen LogP contribution in [0.1, 0.15) is 22.3 Å². The van der Waals surface area contributed by atoms with Crippen LogP contribution >= 0.6 is 0 Å². The molecule has 1 aromatic heterocycles. The standard InChI is InChI=1S/C28H28N4O2/c1-34-25-14-8-11-22(17-25)27-26(20-32(30-27)18-21-9-4-2-5-10-21)28(33)31-16-15-24(19-31)29-23-12-6-3-7-13-23/h2-14,17,20,24,29H,15-16,18-19H2,1H3. The molecule has 3 aromatic carbocycles.